The quantitative estimate of drug-likeness (QED) is 0.846. The first kappa shape index (κ1) is 15.4. The molecule has 108 valence electrons. The molecule has 0 amide bonds. The average Bonchev–Trinajstić information content (AvgIpc) is 2.46. The van der Waals surface area contributed by atoms with Crippen LogP contribution < -0.4 is 5.32 Å². The highest BCUT2D eigenvalue weighted by Crippen LogP contribution is 2.30. The predicted molar refractivity (Wildman–Crippen MR) is 77.6 cm³/mol. The predicted octanol–water partition coefficient (Wildman–Crippen LogP) is 4.95. The van der Waals surface area contributed by atoms with E-state index in [0.29, 0.717) is 16.8 Å². The number of nitriles is 1. The highest BCUT2D eigenvalue weighted by Gasteiger charge is 2.30. The van der Waals surface area contributed by atoms with E-state index in [0.717, 1.165) is 16.6 Å². The van der Waals surface area contributed by atoms with Crippen molar-refractivity contribution in [3.8, 4) is 6.07 Å². The number of hydrogen-bond acceptors (Lipinski definition) is 2. The smallest absolute Gasteiger partial charge is 0.380 e. The summed E-state index contributed by atoms with van der Waals surface area (Å²) in [5.74, 6) is 0. The van der Waals surface area contributed by atoms with E-state index in [-0.39, 0.29) is 6.54 Å². The maximum Gasteiger partial charge on any atom is 0.416 e. The minimum Gasteiger partial charge on any atom is -0.380 e. The van der Waals surface area contributed by atoms with Crippen molar-refractivity contribution in [3.05, 3.63) is 63.6 Å². The van der Waals surface area contributed by atoms with Crippen LogP contribution in [0.3, 0.4) is 0 Å². The lowest BCUT2D eigenvalue weighted by molar-refractivity contribution is -0.137. The molecule has 2 nitrogen and oxygen atoms in total. The van der Waals surface area contributed by atoms with Gasteiger partial charge in [-0.2, -0.15) is 18.4 Å². The van der Waals surface area contributed by atoms with Crippen molar-refractivity contribution in [2.75, 3.05) is 5.32 Å². The standard InChI is InChI=1S/C15H10BrF3N2/c16-13-5-4-10(8-20)7-14(13)21-9-11-2-1-3-12(6-11)15(17,18)19/h1-7,21H,9H2. The van der Waals surface area contributed by atoms with E-state index in [9.17, 15) is 13.2 Å². The zero-order chi connectivity index (χ0) is 15.5. The summed E-state index contributed by atoms with van der Waals surface area (Å²) in [6.45, 7) is 0.234. The van der Waals surface area contributed by atoms with Crippen LogP contribution in [-0.2, 0) is 12.7 Å². The van der Waals surface area contributed by atoms with Crippen molar-refractivity contribution in [2.24, 2.45) is 0 Å². The van der Waals surface area contributed by atoms with E-state index in [2.05, 4.69) is 21.2 Å². The molecule has 2 aromatic carbocycles. The summed E-state index contributed by atoms with van der Waals surface area (Å²) in [5.41, 5.74) is 0.974. The van der Waals surface area contributed by atoms with Crippen molar-refractivity contribution in [3.63, 3.8) is 0 Å². The van der Waals surface area contributed by atoms with Gasteiger partial charge in [-0.05, 0) is 51.8 Å². The first-order valence-electron chi connectivity index (χ1n) is 6.00. The normalized spacial score (nSPS) is 11.0. The summed E-state index contributed by atoms with van der Waals surface area (Å²) >= 11 is 3.33. The Bertz CT molecular complexity index is 690. The lowest BCUT2D eigenvalue weighted by Gasteiger charge is -2.11. The van der Waals surface area contributed by atoms with Crippen molar-refractivity contribution >= 4 is 21.6 Å². The van der Waals surface area contributed by atoms with E-state index in [1.165, 1.54) is 6.07 Å². The molecule has 0 spiro atoms. The molecule has 1 N–H and O–H groups in total. The van der Waals surface area contributed by atoms with Crippen LogP contribution in [0.25, 0.3) is 0 Å². The van der Waals surface area contributed by atoms with Crippen molar-refractivity contribution < 1.29 is 13.2 Å². The minimum absolute atomic E-state index is 0.234. The fourth-order valence-corrected chi connectivity index (χ4v) is 2.17. The first-order valence-corrected chi connectivity index (χ1v) is 6.79. The van der Waals surface area contributed by atoms with Gasteiger partial charge in [0.25, 0.3) is 0 Å². The van der Waals surface area contributed by atoms with Gasteiger partial charge in [-0.3, -0.25) is 0 Å². The molecule has 6 heteroatoms. The third kappa shape index (κ3) is 3.99. The van der Waals surface area contributed by atoms with Crippen molar-refractivity contribution in [1.82, 2.24) is 0 Å². The van der Waals surface area contributed by atoms with E-state index >= 15 is 0 Å². The molecule has 0 radical (unpaired) electrons. The maximum absolute atomic E-state index is 12.6. The minimum atomic E-state index is -4.35. The van der Waals surface area contributed by atoms with Crippen molar-refractivity contribution in [2.45, 2.75) is 12.7 Å². The number of nitrogens with one attached hydrogen (secondary N) is 1. The molecule has 0 atom stereocenters. The Morgan fingerprint density at radius 3 is 2.57 bits per heavy atom. The van der Waals surface area contributed by atoms with Gasteiger partial charge in [-0.15, -0.1) is 0 Å². The van der Waals surface area contributed by atoms with Crippen LogP contribution in [0.15, 0.2) is 46.9 Å². The van der Waals surface area contributed by atoms with Gasteiger partial charge in [0.2, 0.25) is 0 Å². The largest absolute Gasteiger partial charge is 0.416 e. The fourth-order valence-electron chi connectivity index (χ4n) is 1.79. The van der Waals surface area contributed by atoms with Gasteiger partial charge < -0.3 is 5.32 Å². The summed E-state index contributed by atoms with van der Waals surface area (Å²) in [7, 11) is 0. The molecule has 2 rings (SSSR count). The molecule has 0 heterocycles. The SMILES string of the molecule is N#Cc1ccc(Br)c(NCc2cccc(C(F)(F)F)c2)c1. The summed E-state index contributed by atoms with van der Waals surface area (Å²) in [4.78, 5) is 0. The van der Waals surface area contributed by atoms with Gasteiger partial charge in [0.15, 0.2) is 0 Å². The van der Waals surface area contributed by atoms with Gasteiger partial charge >= 0.3 is 6.18 Å². The Hall–Kier alpha value is -2.00. The fraction of sp³-hybridized carbons (Fsp3) is 0.133. The maximum atomic E-state index is 12.6. The lowest BCUT2D eigenvalue weighted by Crippen LogP contribution is -2.07. The number of halogens is 4. The molecular formula is C15H10BrF3N2. The zero-order valence-electron chi connectivity index (χ0n) is 10.7. The van der Waals surface area contributed by atoms with E-state index in [4.69, 9.17) is 5.26 Å². The molecule has 0 aliphatic rings. The molecule has 0 unspecified atom stereocenters. The van der Waals surface area contributed by atoms with Crippen LogP contribution in [0, 0.1) is 11.3 Å². The molecule has 0 bridgehead atoms. The zero-order valence-corrected chi connectivity index (χ0v) is 12.3. The summed E-state index contributed by atoms with van der Waals surface area (Å²) in [6, 6.07) is 12.2. The van der Waals surface area contributed by atoms with Crippen molar-refractivity contribution in [1.29, 1.82) is 5.26 Å². The molecule has 0 saturated heterocycles. The van der Waals surface area contributed by atoms with Crippen LogP contribution in [0.5, 0.6) is 0 Å². The highest BCUT2D eigenvalue weighted by atomic mass is 79.9. The molecule has 21 heavy (non-hydrogen) atoms. The van der Waals surface area contributed by atoms with Crippen LogP contribution in [-0.4, -0.2) is 0 Å². The number of hydrogen-bond donors (Lipinski definition) is 1. The topological polar surface area (TPSA) is 35.8 Å². The third-order valence-electron chi connectivity index (χ3n) is 2.83. The monoisotopic (exact) mass is 354 g/mol. The molecule has 0 saturated carbocycles. The number of nitrogens with zero attached hydrogens (tertiary/aromatic N) is 1. The van der Waals surface area contributed by atoms with E-state index in [1.54, 1.807) is 24.3 Å². The van der Waals surface area contributed by atoms with Gasteiger partial charge in [-0.25, -0.2) is 0 Å². The van der Waals surface area contributed by atoms with Crippen LogP contribution in [0.1, 0.15) is 16.7 Å². The van der Waals surface area contributed by atoms with Gasteiger partial charge in [-0.1, -0.05) is 12.1 Å². The molecular weight excluding hydrogens is 345 g/mol. The Morgan fingerprint density at radius 2 is 1.90 bits per heavy atom. The lowest BCUT2D eigenvalue weighted by atomic mass is 10.1. The number of rotatable bonds is 3. The summed E-state index contributed by atoms with van der Waals surface area (Å²) in [5, 5.41) is 11.9. The second-order valence-corrected chi connectivity index (χ2v) is 5.21. The van der Waals surface area contributed by atoms with Crippen LogP contribution >= 0.6 is 15.9 Å². The number of benzene rings is 2. The Labute approximate surface area is 128 Å². The third-order valence-corrected chi connectivity index (χ3v) is 3.52. The number of alkyl halides is 3. The second-order valence-electron chi connectivity index (χ2n) is 4.36. The summed E-state index contributed by atoms with van der Waals surface area (Å²) < 4.78 is 38.6. The van der Waals surface area contributed by atoms with Gasteiger partial charge in [0.1, 0.15) is 0 Å². The van der Waals surface area contributed by atoms with E-state index < -0.39 is 11.7 Å². The van der Waals surface area contributed by atoms with Crippen LogP contribution in [0.4, 0.5) is 18.9 Å². The molecule has 0 aliphatic heterocycles. The summed E-state index contributed by atoms with van der Waals surface area (Å²) in [6.07, 6.45) is -4.35. The van der Waals surface area contributed by atoms with E-state index in [1.807, 2.05) is 6.07 Å². The average molecular weight is 355 g/mol. The Balaban J connectivity index is 2.16. The molecule has 0 aromatic heterocycles. The molecule has 0 aliphatic carbocycles. The van der Waals surface area contributed by atoms with Gasteiger partial charge in [0.05, 0.1) is 22.9 Å². The highest BCUT2D eigenvalue weighted by molar-refractivity contribution is 9.10. The number of anilines is 1. The second kappa shape index (κ2) is 6.19. The molecule has 0 fully saturated rings. The van der Waals surface area contributed by atoms with Crippen LogP contribution in [0.2, 0.25) is 0 Å². The first-order chi connectivity index (χ1) is 9.90. The molecule has 2 aromatic rings. The Kier molecular flexibility index (Phi) is 4.53. The van der Waals surface area contributed by atoms with Gasteiger partial charge in [0, 0.05) is 11.0 Å². The Morgan fingerprint density at radius 1 is 1.14 bits per heavy atom.